The van der Waals surface area contributed by atoms with Gasteiger partial charge in [-0.25, -0.2) is 0 Å². The van der Waals surface area contributed by atoms with Crippen LogP contribution in [-0.4, -0.2) is 160 Å². The number of carbonyl (C=O) groups excluding carboxylic acids is 1. The molecule has 0 aromatic carbocycles. The van der Waals surface area contributed by atoms with Crippen LogP contribution in [0.4, 0.5) is 0 Å². The van der Waals surface area contributed by atoms with E-state index in [-0.39, 0.29) is 44.4 Å². The van der Waals surface area contributed by atoms with Gasteiger partial charge in [-0.2, -0.15) is 0 Å². The number of ether oxygens (including phenoxy) is 4. The smallest absolute Gasteiger partial charge is 0.251 e. The number of amidine groups is 1. The lowest BCUT2D eigenvalue weighted by Gasteiger charge is -2.49. The van der Waals surface area contributed by atoms with Crippen molar-refractivity contribution in [2.45, 2.75) is 124 Å². The predicted molar refractivity (Wildman–Crippen MR) is 162 cm³/mol. The summed E-state index contributed by atoms with van der Waals surface area (Å²) in [6.45, 7) is 1.24. The Bertz CT molecular complexity index is 971. The van der Waals surface area contributed by atoms with Gasteiger partial charge in [-0.05, 0) is 51.6 Å². The Hall–Kier alpha value is -1.66. The van der Waals surface area contributed by atoms with E-state index in [4.69, 9.17) is 53.0 Å². The van der Waals surface area contributed by atoms with E-state index < -0.39 is 104 Å². The molecule has 0 aromatic rings. The summed E-state index contributed by atoms with van der Waals surface area (Å²) < 4.78 is 23.9. The second kappa shape index (κ2) is 17.7. The molecule has 19 nitrogen and oxygen atoms in total. The third-order valence-electron chi connectivity index (χ3n) is 8.83. The highest BCUT2D eigenvalue weighted by molar-refractivity contribution is 5.83. The molecule has 268 valence electrons. The number of hydrogen-bond acceptors (Lipinski definition) is 17. The summed E-state index contributed by atoms with van der Waals surface area (Å²) in [7, 11) is 0. The van der Waals surface area contributed by atoms with E-state index in [2.05, 4.69) is 10.6 Å². The highest BCUT2D eigenvalue weighted by Crippen LogP contribution is 2.34. The van der Waals surface area contributed by atoms with E-state index in [1.807, 2.05) is 0 Å². The molecule has 0 radical (unpaired) electrons. The summed E-state index contributed by atoms with van der Waals surface area (Å²) in [6, 6.07) is -3.47. The second-order valence-electron chi connectivity index (χ2n) is 12.4. The number of rotatable bonds is 14. The van der Waals surface area contributed by atoms with Crippen molar-refractivity contribution < 1.29 is 54.4 Å². The number of aliphatic hydroxyl groups excluding tert-OH is 6. The van der Waals surface area contributed by atoms with E-state index in [9.17, 15) is 35.4 Å². The van der Waals surface area contributed by atoms with Crippen LogP contribution in [0.1, 0.15) is 32.6 Å². The fourth-order valence-corrected chi connectivity index (χ4v) is 5.87. The van der Waals surface area contributed by atoms with E-state index in [1.165, 1.54) is 0 Å². The van der Waals surface area contributed by atoms with Crippen molar-refractivity contribution in [3.05, 3.63) is 0 Å². The number of carbonyl (C=O) groups is 1. The van der Waals surface area contributed by atoms with Crippen molar-refractivity contribution in [3.8, 4) is 0 Å². The minimum absolute atomic E-state index is 0.00975. The van der Waals surface area contributed by atoms with Crippen LogP contribution in [0, 0.1) is 11.3 Å². The first-order valence-electron chi connectivity index (χ1n) is 15.7. The van der Waals surface area contributed by atoms with Crippen molar-refractivity contribution in [3.63, 3.8) is 0 Å². The minimum atomic E-state index is -1.87. The van der Waals surface area contributed by atoms with Crippen LogP contribution in [0.3, 0.4) is 0 Å². The molecule has 19 heteroatoms. The zero-order valence-corrected chi connectivity index (χ0v) is 26.0. The number of nitrogens with two attached hydrogens (primary N) is 5. The number of hydrogen-bond donors (Lipinski definition) is 14. The Labute approximate surface area is 267 Å². The quantitative estimate of drug-likeness (QED) is 0.0604. The normalized spacial score (nSPS) is 40.5. The third kappa shape index (κ3) is 9.49. The molecule has 9 unspecified atom stereocenters. The lowest BCUT2D eigenvalue weighted by Crippen LogP contribution is -2.68. The van der Waals surface area contributed by atoms with Crippen molar-refractivity contribution in [1.82, 2.24) is 10.6 Å². The van der Waals surface area contributed by atoms with Gasteiger partial charge in [0, 0.05) is 6.54 Å². The largest absolute Gasteiger partial charge is 0.394 e. The summed E-state index contributed by atoms with van der Waals surface area (Å²) in [5.74, 6) is -1.50. The van der Waals surface area contributed by atoms with Crippen LogP contribution >= 0.6 is 0 Å². The van der Waals surface area contributed by atoms with Crippen molar-refractivity contribution in [2.75, 3.05) is 26.2 Å². The Kier molecular flexibility index (Phi) is 14.9. The monoisotopic (exact) mass is 666 g/mol. The Balaban J connectivity index is 1.84. The van der Waals surface area contributed by atoms with E-state index >= 15 is 0 Å². The summed E-state index contributed by atoms with van der Waals surface area (Å²) >= 11 is 0. The summed E-state index contributed by atoms with van der Waals surface area (Å²) in [6.07, 6.45) is -13.4. The fraction of sp³-hybridized carbons (Fsp3) is 0.926. The molecule has 3 rings (SSSR count). The van der Waals surface area contributed by atoms with Crippen LogP contribution in [0.15, 0.2) is 0 Å². The molecule has 2 saturated heterocycles. The van der Waals surface area contributed by atoms with Crippen LogP contribution in [0.25, 0.3) is 0 Å². The Morgan fingerprint density at radius 3 is 2.35 bits per heavy atom. The van der Waals surface area contributed by atoms with Crippen LogP contribution < -0.4 is 39.3 Å². The Morgan fingerprint density at radius 1 is 1.04 bits per heavy atom. The first-order valence-corrected chi connectivity index (χ1v) is 15.7. The van der Waals surface area contributed by atoms with E-state index in [0.717, 1.165) is 0 Å². The van der Waals surface area contributed by atoms with Crippen molar-refractivity contribution >= 4 is 11.7 Å². The molecule has 2 aliphatic heterocycles. The SMILES string of the molecule is CC(N)C(=N)NC[C@@H]1CCC(N)[C@@H](OC2CC(CN)[C@@H](NC(=O)[C@@H](O)[C@@H](O)CCN)C(O[C@H]3OC(CO)C(O)[C@H](N)C3O)C2O)O1. The minimum Gasteiger partial charge on any atom is -0.394 e. The Morgan fingerprint density at radius 2 is 1.74 bits per heavy atom. The first-order chi connectivity index (χ1) is 21.7. The maximum Gasteiger partial charge on any atom is 0.251 e. The highest BCUT2D eigenvalue weighted by atomic mass is 16.7. The average Bonchev–Trinajstić information content (AvgIpc) is 3.03. The van der Waals surface area contributed by atoms with Gasteiger partial charge in [0.15, 0.2) is 18.7 Å². The molecule has 19 N–H and O–H groups in total. The molecular formula is C27H54N8O11. The number of aliphatic hydroxyl groups is 6. The molecule has 16 atom stereocenters. The zero-order chi connectivity index (χ0) is 34.3. The maximum absolute atomic E-state index is 13.0. The molecule has 0 spiro atoms. The molecule has 46 heavy (non-hydrogen) atoms. The third-order valence-corrected chi connectivity index (χ3v) is 8.83. The lowest BCUT2D eigenvalue weighted by atomic mass is 9.78. The van der Waals surface area contributed by atoms with E-state index in [1.54, 1.807) is 6.92 Å². The predicted octanol–water partition coefficient (Wildman–Crippen LogP) is -6.84. The second-order valence-corrected chi connectivity index (χ2v) is 12.4. The van der Waals surface area contributed by atoms with E-state index in [0.29, 0.717) is 12.8 Å². The summed E-state index contributed by atoms with van der Waals surface area (Å²) in [5.41, 5.74) is 29.6. The molecule has 0 aromatic heterocycles. The van der Waals surface area contributed by atoms with Gasteiger partial charge >= 0.3 is 0 Å². The topological polar surface area (TPSA) is 353 Å². The number of nitrogens with one attached hydrogen (secondary N) is 3. The van der Waals surface area contributed by atoms with Gasteiger partial charge in [-0.1, -0.05) is 0 Å². The summed E-state index contributed by atoms with van der Waals surface area (Å²) in [5, 5.41) is 76.4. The highest BCUT2D eigenvalue weighted by Gasteiger charge is 2.51. The average molecular weight is 667 g/mol. The molecule has 1 aliphatic carbocycles. The first kappa shape index (κ1) is 38.8. The van der Waals surface area contributed by atoms with Gasteiger partial charge in [-0.15, -0.1) is 0 Å². The molecule has 1 saturated carbocycles. The fourth-order valence-electron chi connectivity index (χ4n) is 5.87. The maximum atomic E-state index is 13.0. The molecule has 3 aliphatic rings. The molecule has 0 bridgehead atoms. The number of amides is 1. The lowest BCUT2D eigenvalue weighted by molar-refractivity contribution is -0.315. The van der Waals surface area contributed by atoms with Gasteiger partial charge in [0.1, 0.15) is 36.4 Å². The van der Waals surface area contributed by atoms with Gasteiger partial charge < -0.3 is 88.9 Å². The summed E-state index contributed by atoms with van der Waals surface area (Å²) in [4.78, 5) is 13.0. The van der Waals surface area contributed by atoms with Gasteiger partial charge in [0.25, 0.3) is 5.91 Å². The molecule has 1 amide bonds. The molecular weight excluding hydrogens is 612 g/mol. The van der Waals surface area contributed by atoms with Crippen LogP contribution in [-0.2, 0) is 23.7 Å². The van der Waals surface area contributed by atoms with Crippen LogP contribution in [0.5, 0.6) is 0 Å². The molecule has 3 fully saturated rings. The molecule has 2 heterocycles. The zero-order valence-electron chi connectivity index (χ0n) is 26.0. The van der Waals surface area contributed by atoms with Crippen molar-refractivity contribution in [1.29, 1.82) is 5.41 Å². The van der Waals surface area contributed by atoms with Gasteiger partial charge in [0.2, 0.25) is 0 Å². The van der Waals surface area contributed by atoms with Gasteiger partial charge in [0.05, 0.1) is 49.1 Å². The standard InChI is InChI=1S/C27H54N8O11/c1-10(30)24(33)34-8-12-2-3-13(31)26(43-12)44-15-6-11(7-29)18(35-25(42)19(38)14(37)4-5-28)23(21(15)40)46-27-22(41)17(32)20(39)16(9-36)45-27/h10-23,26-27,36-41H,2-9,28-32H2,1H3,(H2,33,34)(H,35,42)/t10?,11?,12-,13?,14-,15?,16?,17-,18+,19-,20?,21?,22?,23?,26+,27+/m0/s1. The van der Waals surface area contributed by atoms with Gasteiger partial charge in [-0.3, -0.25) is 10.2 Å². The van der Waals surface area contributed by atoms with Crippen molar-refractivity contribution in [2.24, 2.45) is 34.6 Å². The van der Waals surface area contributed by atoms with Crippen LogP contribution in [0.2, 0.25) is 0 Å².